The molecular formula is C19H23N7O2. The van der Waals surface area contributed by atoms with Gasteiger partial charge in [0.05, 0.1) is 14.2 Å². The molecule has 2 aromatic carbocycles. The second kappa shape index (κ2) is 9.38. The predicted molar refractivity (Wildman–Crippen MR) is 108 cm³/mol. The minimum atomic E-state index is 0.268. The zero-order chi connectivity index (χ0) is 19.8. The first-order chi connectivity index (χ1) is 13.7. The van der Waals surface area contributed by atoms with Crippen molar-refractivity contribution in [3.63, 3.8) is 0 Å². The van der Waals surface area contributed by atoms with Crippen LogP contribution in [0.15, 0.2) is 48.5 Å². The first-order valence-electron chi connectivity index (χ1n) is 8.66. The maximum atomic E-state index is 5.48. The van der Waals surface area contributed by atoms with Gasteiger partial charge in [-0.2, -0.15) is 15.0 Å². The molecule has 28 heavy (non-hydrogen) atoms. The van der Waals surface area contributed by atoms with Crippen LogP contribution in [-0.4, -0.2) is 29.2 Å². The SMILES string of the molecule is COc1ccc(CNc2nc(NN)nc(NCc3ccc(OC)cc3)n2)cc1. The van der Waals surface area contributed by atoms with E-state index in [1.54, 1.807) is 14.2 Å². The van der Waals surface area contributed by atoms with Gasteiger partial charge in [-0.3, -0.25) is 5.43 Å². The number of methoxy groups -OCH3 is 2. The summed E-state index contributed by atoms with van der Waals surface area (Å²) >= 11 is 0. The third kappa shape index (κ3) is 5.21. The van der Waals surface area contributed by atoms with Crippen LogP contribution in [0.25, 0.3) is 0 Å². The average Bonchev–Trinajstić information content (AvgIpc) is 2.76. The van der Waals surface area contributed by atoms with Crippen molar-refractivity contribution in [2.45, 2.75) is 13.1 Å². The number of nitrogens with two attached hydrogens (primary N) is 1. The lowest BCUT2D eigenvalue weighted by molar-refractivity contribution is 0.414. The molecule has 1 aromatic heterocycles. The number of hydrogen-bond acceptors (Lipinski definition) is 9. The van der Waals surface area contributed by atoms with E-state index in [0.717, 1.165) is 22.6 Å². The Morgan fingerprint density at radius 2 is 1.07 bits per heavy atom. The van der Waals surface area contributed by atoms with E-state index in [-0.39, 0.29) is 5.95 Å². The molecule has 3 aromatic rings. The van der Waals surface area contributed by atoms with Crippen molar-refractivity contribution in [3.8, 4) is 11.5 Å². The molecule has 0 saturated heterocycles. The standard InChI is InChI=1S/C19H23N7O2/c1-27-15-7-3-13(4-8-15)11-21-17-23-18(25-19(24-17)26-20)22-12-14-5-9-16(28-2)10-6-14/h3-10H,11-12,20H2,1-2H3,(H3,21,22,23,24,25,26). The summed E-state index contributed by atoms with van der Waals surface area (Å²) in [6.45, 7) is 1.10. The Hall–Kier alpha value is -3.59. The number of nitrogen functional groups attached to an aromatic ring is 1. The fourth-order valence-electron chi connectivity index (χ4n) is 2.45. The van der Waals surface area contributed by atoms with Gasteiger partial charge >= 0.3 is 0 Å². The van der Waals surface area contributed by atoms with Gasteiger partial charge in [-0.15, -0.1) is 0 Å². The molecule has 0 atom stereocenters. The Morgan fingerprint density at radius 3 is 1.43 bits per heavy atom. The van der Waals surface area contributed by atoms with Gasteiger partial charge in [0.15, 0.2) is 0 Å². The molecule has 1 heterocycles. The Bertz CT molecular complexity index is 816. The number of anilines is 3. The lowest BCUT2D eigenvalue weighted by Crippen LogP contribution is -2.15. The molecule has 0 aliphatic heterocycles. The topological polar surface area (TPSA) is 119 Å². The number of nitrogens with one attached hydrogen (secondary N) is 3. The highest BCUT2D eigenvalue weighted by Gasteiger charge is 2.06. The first-order valence-corrected chi connectivity index (χ1v) is 8.66. The lowest BCUT2D eigenvalue weighted by atomic mass is 10.2. The zero-order valence-electron chi connectivity index (χ0n) is 15.8. The Morgan fingerprint density at radius 1 is 0.679 bits per heavy atom. The summed E-state index contributed by atoms with van der Waals surface area (Å²) in [7, 11) is 3.28. The number of hydrazine groups is 1. The Kier molecular flexibility index (Phi) is 6.42. The minimum Gasteiger partial charge on any atom is -0.497 e. The van der Waals surface area contributed by atoms with Crippen molar-refractivity contribution in [2.75, 3.05) is 30.3 Å². The molecule has 146 valence electrons. The van der Waals surface area contributed by atoms with Gasteiger partial charge < -0.3 is 20.1 Å². The number of benzene rings is 2. The normalized spacial score (nSPS) is 10.2. The van der Waals surface area contributed by atoms with Crippen molar-refractivity contribution >= 4 is 17.8 Å². The second-order valence-corrected chi connectivity index (χ2v) is 5.85. The number of aromatic nitrogens is 3. The van der Waals surface area contributed by atoms with E-state index in [1.807, 2.05) is 48.5 Å². The number of rotatable bonds is 9. The third-order valence-corrected chi connectivity index (χ3v) is 3.98. The van der Waals surface area contributed by atoms with E-state index in [4.69, 9.17) is 15.3 Å². The molecule has 0 amide bonds. The van der Waals surface area contributed by atoms with Crippen LogP contribution in [0.4, 0.5) is 17.8 Å². The summed E-state index contributed by atoms with van der Waals surface area (Å²) in [5.74, 6) is 8.19. The summed E-state index contributed by atoms with van der Waals surface area (Å²) in [6, 6.07) is 15.5. The van der Waals surface area contributed by atoms with E-state index >= 15 is 0 Å². The van der Waals surface area contributed by atoms with Crippen molar-refractivity contribution in [3.05, 3.63) is 59.7 Å². The van der Waals surface area contributed by atoms with E-state index in [2.05, 4.69) is 31.0 Å². The van der Waals surface area contributed by atoms with Crippen molar-refractivity contribution in [1.29, 1.82) is 0 Å². The highest BCUT2D eigenvalue weighted by molar-refractivity contribution is 5.43. The van der Waals surface area contributed by atoms with E-state index in [9.17, 15) is 0 Å². The van der Waals surface area contributed by atoms with Gasteiger partial charge in [0, 0.05) is 13.1 Å². The molecule has 3 rings (SSSR count). The van der Waals surface area contributed by atoms with E-state index in [1.165, 1.54) is 0 Å². The summed E-state index contributed by atoms with van der Waals surface area (Å²) < 4.78 is 10.3. The maximum Gasteiger partial charge on any atom is 0.243 e. The summed E-state index contributed by atoms with van der Waals surface area (Å²) in [5, 5.41) is 6.34. The molecule has 5 N–H and O–H groups in total. The molecule has 0 unspecified atom stereocenters. The molecule has 0 spiro atoms. The monoisotopic (exact) mass is 381 g/mol. The van der Waals surface area contributed by atoms with Crippen molar-refractivity contribution < 1.29 is 9.47 Å². The molecule has 0 aliphatic rings. The van der Waals surface area contributed by atoms with Gasteiger partial charge in [-0.1, -0.05) is 24.3 Å². The van der Waals surface area contributed by atoms with E-state index in [0.29, 0.717) is 25.0 Å². The average molecular weight is 381 g/mol. The largest absolute Gasteiger partial charge is 0.497 e. The lowest BCUT2D eigenvalue weighted by Gasteiger charge is -2.10. The van der Waals surface area contributed by atoms with Crippen molar-refractivity contribution in [2.24, 2.45) is 5.84 Å². The molecule has 9 nitrogen and oxygen atoms in total. The molecule has 9 heteroatoms. The predicted octanol–water partition coefficient (Wildman–Crippen LogP) is 2.40. The molecule has 0 bridgehead atoms. The van der Waals surface area contributed by atoms with Gasteiger partial charge in [-0.25, -0.2) is 5.84 Å². The van der Waals surface area contributed by atoms with Crippen LogP contribution in [0.1, 0.15) is 11.1 Å². The molecular weight excluding hydrogens is 358 g/mol. The van der Waals surface area contributed by atoms with Crippen LogP contribution in [0.2, 0.25) is 0 Å². The number of nitrogens with zero attached hydrogens (tertiary/aromatic N) is 3. The summed E-state index contributed by atoms with van der Waals surface area (Å²) in [4.78, 5) is 12.8. The van der Waals surface area contributed by atoms with Gasteiger partial charge in [-0.05, 0) is 35.4 Å². The zero-order valence-corrected chi connectivity index (χ0v) is 15.8. The van der Waals surface area contributed by atoms with Crippen LogP contribution in [-0.2, 0) is 13.1 Å². The maximum absolute atomic E-state index is 5.48. The fourth-order valence-corrected chi connectivity index (χ4v) is 2.45. The van der Waals surface area contributed by atoms with Crippen molar-refractivity contribution in [1.82, 2.24) is 15.0 Å². The van der Waals surface area contributed by atoms with Gasteiger partial charge in [0.2, 0.25) is 17.8 Å². The van der Waals surface area contributed by atoms with Crippen LogP contribution in [0, 0.1) is 0 Å². The molecule has 0 aliphatic carbocycles. The Balaban J connectivity index is 1.64. The second-order valence-electron chi connectivity index (χ2n) is 5.85. The van der Waals surface area contributed by atoms with Crippen LogP contribution < -0.4 is 31.4 Å². The number of hydrogen-bond donors (Lipinski definition) is 4. The first kappa shape index (κ1) is 19.2. The quantitative estimate of drug-likeness (QED) is 0.327. The smallest absolute Gasteiger partial charge is 0.243 e. The molecule has 0 radical (unpaired) electrons. The summed E-state index contributed by atoms with van der Waals surface area (Å²) in [6.07, 6.45) is 0. The third-order valence-electron chi connectivity index (χ3n) is 3.98. The Labute approximate surface area is 163 Å². The molecule has 0 fully saturated rings. The summed E-state index contributed by atoms with van der Waals surface area (Å²) in [5.41, 5.74) is 4.59. The highest BCUT2D eigenvalue weighted by Crippen LogP contribution is 2.15. The fraction of sp³-hybridized carbons (Fsp3) is 0.211. The van der Waals surface area contributed by atoms with E-state index < -0.39 is 0 Å². The van der Waals surface area contributed by atoms with Crippen LogP contribution >= 0.6 is 0 Å². The minimum absolute atomic E-state index is 0.268. The van der Waals surface area contributed by atoms with Gasteiger partial charge in [0.25, 0.3) is 0 Å². The highest BCUT2D eigenvalue weighted by atomic mass is 16.5. The van der Waals surface area contributed by atoms with Crippen LogP contribution in [0.5, 0.6) is 11.5 Å². The van der Waals surface area contributed by atoms with Crippen LogP contribution in [0.3, 0.4) is 0 Å². The van der Waals surface area contributed by atoms with Gasteiger partial charge in [0.1, 0.15) is 11.5 Å². The number of ether oxygens (including phenoxy) is 2. The molecule has 0 saturated carbocycles.